The van der Waals surface area contributed by atoms with E-state index in [2.05, 4.69) is 55.6 Å². The Morgan fingerprint density at radius 2 is 1.76 bits per heavy atom. The van der Waals surface area contributed by atoms with E-state index >= 15 is 0 Å². The third-order valence-corrected chi connectivity index (χ3v) is 10.5. The minimum Gasteiger partial charge on any atom is -0.334 e. The van der Waals surface area contributed by atoms with Crippen LogP contribution in [0.1, 0.15) is 71.4 Å². The van der Waals surface area contributed by atoms with Crippen molar-refractivity contribution in [3.8, 4) is 0 Å². The maximum atomic E-state index is 13.9. The molecular weight excluding hydrogens is 648 g/mol. The third kappa shape index (κ3) is 9.33. The van der Waals surface area contributed by atoms with Gasteiger partial charge in [0.05, 0.1) is 11.4 Å². The maximum Gasteiger partial charge on any atom is 0.253 e. The highest BCUT2D eigenvalue weighted by atomic mass is 32.2. The molecule has 2 aromatic rings. The summed E-state index contributed by atoms with van der Waals surface area (Å²) in [5.74, 6) is 0.498. The first kappa shape index (κ1) is 38.2. The zero-order chi connectivity index (χ0) is 36.6. The van der Waals surface area contributed by atoms with Gasteiger partial charge < -0.3 is 10.2 Å². The number of aryl methyl sites for hydroxylation is 1. The molecule has 1 aliphatic heterocycles. The molecule has 0 aromatic heterocycles. The summed E-state index contributed by atoms with van der Waals surface area (Å²) in [6.07, 6.45) is 19.2. The molecule has 2 aliphatic rings. The number of carbonyl (C=O) groups excluding carboxylic acids is 1. The Morgan fingerprint density at radius 1 is 1.04 bits per heavy atom. The van der Waals surface area contributed by atoms with Crippen molar-refractivity contribution in [3.63, 3.8) is 0 Å². The molecule has 1 amide bonds. The molecule has 0 saturated carbocycles. The molecule has 1 aliphatic carbocycles. The second-order valence-electron chi connectivity index (χ2n) is 12.9. The van der Waals surface area contributed by atoms with Gasteiger partial charge in [0.25, 0.3) is 5.91 Å². The number of nitrogens with one attached hydrogen (secondary N) is 1. The van der Waals surface area contributed by atoms with Crippen molar-refractivity contribution in [3.05, 3.63) is 123 Å². The van der Waals surface area contributed by atoms with Crippen LogP contribution < -0.4 is 5.32 Å². The number of hydrogen-bond donors (Lipinski definition) is 1. The highest BCUT2D eigenvalue weighted by molar-refractivity contribution is 7.94. The van der Waals surface area contributed by atoms with E-state index in [1.165, 1.54) is 40.3 Å². The normalized spacial score (nSPS) is 19.6. The largest absolute Gasteiger partial charge is 0.334 e. The number of hydrogen-bond acceptors (Lipinski definition) is 5. The van der Waals surface area contributed by atoms with Gasteiger partial charge in [-0.1, -0.05) is 57.2 Å². The van der Waals surface area contributed by atoms with Crippen molar-refractivity contribution in [2.24, 2.45) is 21.8 Å². The Balaban J connectivity index is 1.66. The monoisotopic (exact) mass is 696 g/mol. The number of allylic oxidation sites excluding steroid dienone is 9. The van der Waals surface area contributed by atoms with Gasteiger partial charge in [-0.15, -0.1) is 0 Å². The van der Waals surface area contributed by atoms with Gasteiger partial charge in [-0.2, -0.15) is 0 Å². The molecule has 1 N–H and O–H groups in total. The number of amides is 1. The van der Waals surface area contributed by atoms with Crippen molar-refractivity contribution < 1.29 is 17.6 Å². The van der Waals surface area contributed by atoms with Gasteiger partial charge >= 0.3 is 0 Å². The number of nitrogens with zero attached hydrogens (tertiary/aromatic N) is 3. The van der Waals surface area contributed by atoms with Gasteiger partial charge in [-0.3, -0.25) is 4.79 Å². The lowest BCUT2D eigenvalue weighted by Gasteiger charge is -2.28. The van der Waals surface area contributed by atoms with Crippen LogP contribution in [-0.4, -0.2) is 44.6 Å². The summed E-state index contributed by atoms with van der Waals surface area (Å²) in [6.45, 7) is 11.6. The SMILES string of the molecule is CCC(C)=C(N(C)C(=C(C)C(=O)Nc1ccc(C)c(N=C2CC(CC)C(C3=CC=CC(CC)C=C3)=CC=N2)c1)c1ccc(F)cc1)S(C)(=O)=O. The van der Waals surface area contributed by atoms with Crippen LogP contribution in [0.4, 0.5) is 15.8 Å². The topological polar surface area (TPSA) is 91.2 Å². The lowest BCUT2D eigenvalue weighted by Crippen LogP contribution is -2.27. The second kappa shape index (κ2) is 16.9. The summed E-state index contributed by atoms with van der Waals surface area (Å²) in [7, 11) is -2.06. The predicted molar refractivity (Wildman–Crippen MR) is 207 cm³/mol. The number of benzene rings is 2. The molecule has 50 heavy (non-hydrogen) atoms. The molecule has 0 fully saturated rings. The maximum absolute atomic E-state index is 13.9. The first-order valence-corrected chi connectivity index (χ1v) is 19.1. The van der Waals surface area contributed by atoms with Gasteiger partial charge in [0, 0.05) is 37.2 Å². The molecule has 0 saturated heterocycles. The second-order valence-corrected chi connectivity index (χ2v) is 14.8. The average molecular weight is 697 g/mol. The molecular formula is C41H49FN4O3S. The first-order valence-electron chi connectivity index (χ1n) is 17.2. The van der Waals surface area contributed by atoms with E-state index in [1.807, 2.05) is 32.2 Å². The van der Waals surface area contributed by atoms with Gasteiger partial charge in [0.2, 0.25) is 0 Å². The van der Waals surface area contributed by atoms with Gasteiger partial charge in [-0.25, -0.2) is 22.8 Å². The van der Waals surface area contributed by atoms with Crippen LogP contribution in [0.5, 0.6) is 0 Å². The molecule has 264 valence electrons. The summed E-state index contributed by atoms with van der Waals surface area (Å²) in [6, 6.07) is 11.2. The number of sulfone groups is 1. The van der Waals surface area contributed by atoms with E-state index in [-0.39, 0.29) is 16.5 Å². The minimum absolute atomic E-state index is 0.0971. The van der Waals surface area contributed by atoms with E-state index in [4.69, 9.17) is 9.98 Å². The first-order chi connectivity index (χ1) is 23.8. The Hall–Kier alpha value is -4.63. The third-order valence-electron chi connectivity index (χ3n) is 9.22. The Morgan fingerprint density at radius 3 is 2.40 bits per heavy atom. The lowest BCUT2D eigenvalue weighted by molar-refractivity contribution is -0.112. The average Bonchev–Trinajstić information content (AvgIpc) is 3.44. The minimum atomic E-state index is -3.68. The summed E-state index contributed by atoms with van der Waals surface area (Å²) in [4.78, 5) is 25.0. The number of halogens is 1. The van der Waals surface area contributed by atoms with E-state index in [0.29, 0.717) is 52.8 Å². The molecule has 2 atom stereocenters. The fraction of sp³-hybridized carbons (Fsp3) is 0.341. The number of aliphatic imine (C=N–C) groups is 2. The van der Waals surface area contributed by atoms with Crippen molar-refractivity contribution in [1.29, 1.82) is 0 Å². The summed E-state index contributed by atoms with van der Waals surface area (Å²) in [5.41, 5.74) is 6.33. The van der Waals surface area contributed by atoms with Gasteiger partial charge in [0.15, 0.2) is 9.84 Å². The van der Waals surface area contributed by atoms with Crippen LogP contribution >= 0.6 is 0 Å². The van der Waals surface area contributed by atoms with Crippen LogP contribution in [0.25, 0.3) is 5.70 Å². The van der Waals surface area contributed by atoms with Gasteiger partial charge in [-0.05, 0) is 122 Å². The summed E-state index contributed by atoms with van der Waals surface area (Å²) >= 11 is 0. The molecule has 4 rings (SSSR count). The zero-order valence-electron chi connectivity index (χ0n) is 30.4. The summed E-state index contributed by atoms with van der Waals surface area (Å²) < 4.78 is 39.9. The highest BCUT2D eigenvalue weighted by Crippen LogP contribution is 2.33. The fourth-order valence-electron chi connectivity index (χ4n) is 6.26. The fourth-order valence-corrected chi connectivity index (χ4v) is 7.63. The van der Waals surface area contributed by atoms with Crippen LogP contribution in [0.2, 0.25) is 0 Å². The highest BCUT2D eigenvalue weighted by Gasteiger charge is 2.26. The predicted octanol–water partition coefficient (Wildman–Crippen LogP) is 9.66. The van der Waals surface area contributed by atoms with E-state index in [0.717, 1.165) is 24.7 Å². The van der Waals surface area contributed by atoms with Crippen LogP contribution in [0, 0.1) is 24.6 Å². The van der Waals surface area contributed by atoms with Crippen LogP contribution in [0.3, 0.4) is 0 Å². The smallest absolute Gasteiger partial charge is 0.253 e. The Labute approximate surface area is 297 Å². The molecule has 2 unspecified atom stereocenters. The van der Waals surface area contributed by atoms with Crippen molar-refractivity contribution in [1.82, 2.24) is 4.90 Å². The number of carbonyl (C=O) groups is 1. The molecule has 2 aromatic carbocycles. The van der Waals surface area contributed by atoms with Gasteiger partial charge in [0.1, 0.15) is 16.7 Å². The van der Waals surface area contributed by atoms with E-state index in [9.17, 15) is 17.6 Å². The molecule has 1 heterocycles. The molecule has 0 radical (unpaired) electrons. The van der Waals surface area contributed by atoms with Crippen LogP contribution in [-0.2, 0) is 14.6 Å². The Bertz CT molecular complexity index is 1960. The lowest BCUT2D eigenvalue weighted by atomic mass is 9.87. The van der Waals surface area contributed by atoms with E-state index in [1.54, 1.807) is 27.0 Å². The Kier molecular flexibility index (Phi) is 12.9. The zero-order valence-corrected chi connectivity index (χ0v) is 31.2. The molecule has 7 nitrogen and oxygen atoms in total. The van der Waals surface area contributed by atoms with Crippen molar-refractivity contribution >= 4 is 44.9 Å². The summed E-state index contributed by atoms with van der Waals surface area (Å²) in [5, 5.41) is 3.08. The molecule has 9 heteroatoms. The number of amidine groups is 1. The molecule has 0 bridgehead atoms. The van der Waals surface area contributed by atoms with Crippen molar-refractivity contribution in [2.45, 2.75) is 67.2 Å². The van der Waals surface area contributed by atoms with E-state index < -0.39 is 21.6 Å². The molecule has 0 spiro atoms. The number of rotatable bonds is 11. The van der Waals surface area contributed by atoms with Crippen molar-refractivity contribution in [2.75, 3.05) is 18.6 Å². The van der Waals surface area contributed by atoms with Crippen LogP contribution in [0.15, 0.2) is 116 Å². The standard InChI is InChI=1S/C41H49FN4O3S/c1-9-27(4)41(50(8,48)49)46(7)39(33-18-20-34(42)21-19-33)29(6)40(47)44-35-22-15-28(5)37(26-35)45-38-25-31(11-3)36(23-24-43-38)32-14-12-13-30(10-2)16-17-32/h12-24,26,30-31H,9-11,25H2,1-8H3,(H,44,47). The quantitative estimate of drug-likeness (QED) is 0.237. The number of anilines is 1.